The summed E-state index contributed by atoms with van der Waals surface area (Å²) in [6, 6.07) is 19.3. The van der Waals surface area contributed by atoms with Crippen LogP contribution in [0.1, 0.15) is 66.8 Å². The van der Waals surface area contributed by atoms with Crippen molar-refractivity contribution in [2.24, 2.45) is 0 Å². The number of amides is 2. The van der Waals surface area contributed by atoms with Crippen molar-refractivity contribution in [2.75, 3.05) is 10.8 Å². The van der Waals surface area contributed by atoms with Gasteiger partial charge in [-0.25, -0.2) is 8.42 Å². The zero-order chi connectivity index (χ0) is 30.4. The molecule has 2 amide bonds. The Labute approximate surface area is 251 Å². The average molecular weight is 590 g/mol. The summed E-state index contributed by atoms with van der Waals surface area (Å²) in [5.41, 5.74) is 5.04. The van der Waals surface area contributed by atoms with E-state index in [2.05, 4.69) is 5.32 Å². The normalized spacial score (nSPS) is 14.4. The van der Waals surface area contributed by atoms with Crippen LogP contribution < -0.4 is 9.62 Å². The molecule has 7 nitrogen and oxygen atoms in total. The molecule has 0 heterocycles. The van der Waals surface area contributed by atoms with Gasteiger partial charge in [-0.05, 0) is 76.3 Å². The van der Waals surface area contributed by atoms with Crippen LogP contribution in [0.3, 0.4) is 0 Å². The summed E-state index contributed by atoms with van der Waals surface area (Å²) in [6.07, 6.45) is 4.43. The van der Waals surface area contributed by atoms with Gasteiger partial charge < -0.3 is 10.2 Å². The van der Waals surface area contributed by atoms with Gasteiger partial charge in [0.2, 0.25) is 11.8 Å². The Morgan fingerprint density at radius 1 is 0.881 bits per heavy atom. The third kappa shape index (κ3) is 7.40. The minimum atomic E-state index is -4.10. The molecule has 1 saturated carbocycles. The van der Waals surface area contributed by atoms with Crippen LogP contribution in [-0.4, -0.2) is 43.8 Å². The lowest BCUT2D eigenvalue weighted by Gasteiger charge is -2.34. The highest BCUT2D eigenvalue weighted by Crippen LogP contribution is 2.29. The molecule has 1 N–H and O–H groups in total. The summed E-state index contributed by atoms with van der Waals surface area (Å²) < 4.78 is 29.4. The van der Waals surface area contributed by atoms with Crippen molar-refractivity contribution < 1.29 is 18.0 Å². The minimum absolute atomic E-state index is 0.107. The maximum Gasteiger partial charge on any atom is 0.264 e. The van der Waals surface area contributed by atoms with Crippen molar-refractivity contribution in [2.45, 2.75) is 90.2 Å². The molecule has 1 aliphatic rings. The predicted octanol–water partition coefficient (Wildman–Crippen LogP) is 5.98. The summed E-state index contributed by atoms with van der Waals surface area (Å²) in [5.74, 6) is -0.620. The van der Waals surface area contributed by atoms with Crippen LogP contribution in [-0.2, 0) is 26.2 Å². The molecule has 0 aromatic heterocycles. The van der Waals surface area contributed by atoms with Gasteiger partial charge in [-0.3, -0.25) is 13.9 Å². The summed E-state index contributed by atoms with van der Waals surface area (Å²) in [7, 11) is -4.10. The molecule has 1 aliphatic carbocycles. The van der Waals surface area contributed by atoms with Crippen LogP contribution in [0.4, 0.5) is 5.69 Å². The Hall–Kier alpha value is -3.65. The smallest absolute Gasteiger partial charge is 0.264 e. The number of benzene rings is 3. The van der Waals surface area contributed by atoms with Crippen LogP contribution in [0.15, 0.2) is 71.6 Å². The summed E-state index contributed by atoms with van der Waals surface area (Å²) in [5, 5.41) is 3.16. The lowest BCUT2D eigenvalue weighted by molar-refractivity contribution is -0.140. The van der Waals surface area contributed by atoms with Gasteiger partial charge in [0.1, 0.15) is 12.6 Å². The second-order valence-electron chi connectivity index (χ2n) is 11.5. The molecule has 1 atom stereocenters. The van der Waals surface area contributed by atoms with E-state index in [4.69, 9.17) is 0 Å². The minimum Gasteiger partial charge on any atom is -0.352 e. The molecule has 0 aliphatic heterocycles. The Bertz CT molecular complexity index is 1510. The number of hydrogen-bond donors (Lipinski definition) is 1. The van der Waals surface area contributed by atoms with Gasteiger partial charge in [-0.1, -0.05) is 85.0 Å². The first-order valence-corrected chi connectivity index (χ1v) is 16.3. The first kappa shape index (κ1) is 31.3. The number of aryl methyl sites for hydroxylation is 4. The largest absolute Gasteiger partial charge is 0.352 e. The van der Waals surface area contributed by atoms with Crippen molar-refractivity contribution in [3.05, 3.63) is 94.5 Å². The van der Waals surface area contributed by atoms with Gasteiger partial charge in [-0.15, -0.1) is 0 Å². The van der Waals surface area contributed by atoms with Crippen molar-refractivity contribution >= 4 is 27.5 Å². The summed E-state index contributed by atoms with van der Waals surface area (Å²) in [4.78, 5) is 29.6. The number of anilines is 1. The molecule has 0 bridgehead atoms. The van der Waals surface area contributed by atoms with Gasteiger partial charge in [0.05, 0.1) is 10.6 Å². The Morgan fingerprint density at radius 3 is 2.14 bits per heavy atom. The number of sulfonamides is 1. The molecule has 224 valence electrons. The highest BCUT2D eigenvalue weighted by molar-refractivity contribution is 7.92. The first-order valence-electron chi connectivity index (χ1n) is 14.8. The number of carbonyl (C=O) groups is 2. The van der Waals surface area contributed by atoms with E-state index in [1.807, 2.05) is 71.0 Å². The highest BCUT2D eigenvalue weighted by Gasteiger charge is 2.35. The fraction of sp³-hybridized carbons (Fsp3) is 0.412. The van der Waals surface area contributed by atoms with E-state index >= 15 is 0 Å². The van der Waals surface area contributed by atoms with Crippen molar-refractivity contribution in [1.29, 1.82) is 0 Å². The first-order chi connectivity index (χ1) is 20.0. The number of nitrogens with zero attached hydrogens (tertiary/aromatic N) is 2. The third-order valence-electron chi connectivity index (χ3n) is 8.03. The molecule has 8 heteroatoms. The standard InChI is InChI=1S/C34H43N3O4S/c1-6-31(34(39)35-29-12-7-8-13-29)36(22-28-11-9-10-25(3)21-28)33(38)23-37(32-19-16-26(4)20-27(32)5)42(40,41)30-17-14-24(2)15-18-30/h9-11,14-21,29,31H,6-8,12-13,22-23H2,1-5H3,(H,35,39)/t31-/m1/s1. The molecule has 42 heavy (non-hydrogen) atoms. The molecule has 4 rings (SSSR count). The van der Waals surface area contributed by atoms with E-state index in [0.717, 1.165) is 53.5 Å². The SMILES string of the molecule is CC[C@H](C(=O)NC1CCCC1)N(Cc1cccc(C)c1)C(=O)CN(c1ccc(C)cc1C)S(=O)(=O)c1ccc(C)cc1. The van der Waals surface area contributed by atoms with Crippen LogP contribution in [0.25, 0.3) is 0 Å². The Morgan fingerprint density at radius 2 is 1.52 bits per heavy atom. The van der Waals surface area contributed by atoms with Crippen LogP contribution >= 0.6 is 0 Å². The number of nitrogens with one attached hydrogen (secondary N) is 1. The quantitative estimate of drug-likeness (QED) is 0.298. The zero-order valence-electron chi connectivity index (χ0n) is 25.4. The molecule has 0 saturated heterocycles. The van der Waals surface area contributed by atoms with Crippen LogP contribution in [0, 0.1) is 27.7 Å². The fourth-order valence-corrected chi connectivity index (χ4v) is 7.21. The molecule has 0 spiro atoms. The molecule has 0 radical (unpaired) electrons. The Kier molecular flexibility index (Phi) is 10.1. The number of rotatable bonds is 11. The van der Waals surface area contributed by atoms with E-state index in [-0.39, 0.29) is 23.4 Å². The van der Waals surface area contributed by atoms with Gasteiger partial charge >= 0.3 is 0 Å². The lowest BCUT2D eigenvalue weighted by atomic mass is 10.1. The van der Waals surface area contributed by atoms with Crippen molar-refractivity contribution in [3.8, 4) is 0 Å². The van der Waals surface area contributed by atoms with E-state index < -0.39 is 28.5 Å². The maximum atomic E-state index is 14.3. The molecule has 3 aromatic rings. The van der Waals surface area contributed by atoms with E-state index in [1.54, 1.807) is 35.2 Å². The zero-order valence-corrected chi connectivity index (χ0v) is 26.2. The van der Waals surface area contributed by atoms with Crippen LogP contribution in [0.5, 0.6) is 0 Å². The monoisotopic (exact) mass is 589 g/mol. The second-order valence-corrected chi connectivity index (χ2v) is 13.4. The third-order valence-corrected chi connectivity index (χ3v) is 9.81. The highest BCUT2D eigenvalue weighted by atomic mass is 32.2. The molecular weight excluding hydrogens is 546 g/mol. The summed E-state index contributed by atoms with van der Waals surface area (Å²) >= 11 is 0. The topological polar surface area (TPSA) is 86.8 Å². The van der Waals surface area contributed by atoms with Gasteiger partial charge in [-0.2, -0.15) is 0 Å². The van der Waals surface area contributed by atoms with Crippen molar-refractivity contribution in [3.63, 3.8) is 0 Å². The van der Waals surface area contributed by atoms with Crippen LogP contribution in [0.2, 0.25) is 0 Å². The van der Waals surface area contributed by atoms with Gasteiger partial charge in [0, 0.05) is 12.6 Å². The number of carbonyl (C=O) groups excluding carboxylic acids is 2. The molecular formula is C34H43N3O4S. The van der Waals surface area contributed by atoms with Gasteiger partial charge in [0.25, 0.3) is 10.0 Å². The van der Waals surface area contributed by atoms with E-state index in [9.17, 15) is 18.0 Å². The van der Waals surface area contributed by atoms with E-state index in [0.29, 0.717) is 12.1 Å². The fourth-order valence-electron chi connectivity index (χ4n) is 5.73. The molecule has 1 fully saturated rings. The maximum absolute atomic E-state index is 14.3. The Balaban J connectivity index is 1.74. The molecule has 0 unspecified atom stereocenters. The lowest BCUT2D eigenvalue weighted by Crippen LogP contribution is -2.53. The predicted molar refractivity (Wildman–Crippen MR) is 168 cm³/mol. The molecule has 3 aromatic carbocycles. The van der Waals surface area contributed by atoms with E-state index in [1.165, 1.54) is 4.31 Å². The average Bonchev–Trinajstić information content (AvgIpc) is 3.45. The van der Waals surface area contributed by atoms with Gasteiger partial charge in [0.15, 0.2) is 0 Å². The summed E-state index contributed by atoms with van der Waals surface area (Å²) in [6.45, 7) is 9.32. The number of hydrogen-bond acceptors (Lipinski definition) is 4. The van der Waals surface area contributed by atoms with Crippen molar-refractivity contribution in [1.82, 2.24) is 10.2 Å². The second kappa shape index (κ2) is 13.6.